The number of halogens is 3. The van der Waals surface area contributed by atoms with Gasteiger partial charge in [-0.1, -0.05) is 11.6 Å². The zero-order valence-electron chi connectivity index (χ0n) is 8.80. The highest BCUT2D eigenvalue weighted by molar-refractivity contribution is 6.30. The summed E-state index contributed by atoms with van der Waals surface area (Å²) in [7, 11) is 0. The van der Waals surface area contributed by atoms with E-state index in [9.17, 15) is 4.39 Å². The topological polar surface area (TPSA) is 16.1 Å². The zero-order chi connectivity index (χ0) is 11.5. The molecule has 0 aromatic carbocycles. The lowest BCUT2D eigenvalue weighted by molar-refractivity contribution is 0.474. The Hall–Kier alpha value is -0.540. The zero-order valence-corrected chi connectivity index (χ0v) is 10.3. The largest absolute Gasteiger partial charge is 0.350 e. The Morgan fingerprint density at radius 3 is 3.00 bits per heavy atom. The van der Waals surface area contributed by atoms with Crippen molar-refractivity contribution in [1.29, 1.82) is 0 Å². The first-order valence-electron chi connectivity index (χ1n) is 5.36. The van der Waals surface area contributed by atoms with Crippen LogP contribution in [0.4, 0.5) is 10.2 Å². The van der Waals surface area contributed by atoms with Crippen molar-refractivity contribution in [3.8, 4) is 0 Å². The van der Waals surface area contributed by atoms with Crippen molar-refractivity contribution < 1.29 is 4.39 Å². The second kappa shape index (κ2) is 5.19. The fraction of sp³-hybridized carbons (Fsp3) is 0.545. The maximum Gasteiger partial charge on any atom is 0.167 e. The third-order valence-corrected chi connectivity index (χ3v) is 3.43. The van der Waals surface area contributed by atoms with Crippen LogP contribution in [0.2, 0.25) is 5.02 Å². The summed E-state index contributed by atoms with van der Waals surface area (Å²) in [5.74, 6) is 0.503. The summed E-state index contributed by atoms with van der Waals surface area (Å²) in [5, 5.41) is 0.320. The van der Waals surface area contributed by atoms with Gasteiger partial charge in [-0.2, -0.15) is 0 Å². The Morgan fingerprint density at radius 1 is 1.50 bits per heavy atom. The molecule has 1 aliphatic heterocycles. The quantitative estimate of drug-likeness (QED) is 0.759. The average molecular weight is 263 g/mol. The van der Waals surface area contributed by atoms with Gasteiger partial charge < -0.3 is 4.90 Å². The Balaban J connectivity index is 2.27. The summed E-state index contributed by atoms with van der Waals surface area (Å²) in [6.07, 6.45) is 4.66. The van der Waals surface area contributed by atoms with Crippen molar-refractivity contribution in [3.63, 3.8) is 0 Å². The highest BCUT2D eigenvalue weighted by Crippen LogP contribution is 2.27. The fourth-order valence-corrected chi connectivity index (χ4v) is 2.52. The van der Waals surface area contributed by atoms with Gasteiger partial charge in [0.15, 0.2) is 11.6 Å². The summed E-state index contributed by atoms with van der Waals surface area (Å²) < 4.78 is 13.7. The summed E-state index contributed by atoms with van der Waals surface area (Å²) in [5.41, 5.74) is 0. The molecule has 1 aliphatic rings. The van der Waals surface area contributed by atoms with E-state index >= 15 is 0 Å². The van der Waals surface area contributed by atoms with Gasteiger partial charge in [-0.15, -0.1) is 11.6 Å². The minimum atomic E-state index is -0.371. The molecular weight excluding hydrogens is 250 g/mol. The van der Waals surface area contributed by atoms with Crippen molar-refractivity contribution in [2.24, 2.45) is 0 Å². The first-order valence-corrected chi connectivity index (χ1v) is 6.27. The van der Waals surface area contributed by atoms with Crippen molar-refractivity contribution in [3.05, 3.63) is 23.1 Å². The minimum Gasteiger partial charge on any atom is -0.350 e. The van der Waals surface area contributed by atoms with E-state index in [1.54, 1.807) is 0 Å². The van der Waals surface area contributed by atoms with Gasteiger partial charge in [0.25, 0.3) is 0 Å². The summed E-state index contributed by atoms with van der Waals surface area (Å²) in [6.45, 7) is 0.808. The Kier molecular flexibility index (Phi) is 3.87. The van der Waals surface area contributed by atoms with Gasteiger partial charge in [0.2, 0.25) is 0 Å². The predicted molar refractivity (Wildman–Crippen MR) is 64.9 cm³/mol. The van der Waals surface area contributed by atoms with E-state index in [0.29, 0.717) is 16.7 Å². The van der Waals surface area contributed by atoms with Crippen LogP contribution >= 0.6 is 23.2 Å². The molecule has 1 fully saturated rings. The molecule has 2 rings (SSSR count). The van der Waals surface area contributed by atoms with Crippen molar-refractivity contribution in [2.45, 2.75) is 25.3 Å². The number of hydrogen-bond donors (Lipinski definition) is 0. The lowest BCUT2D eigenvalue weighted by atomic mass is 10.0. The predicted octanol–water partition coefficient (Wildman–Crippen LogP) is 3.47. The molecule has 16 heavy (non-hydrogen) atoms. The smallest absolute Gasteiger partial charge is 0.167 e. The van der Waals surface area contributed by atoms with E-state index in [1.165, 1.54) is 12.3 Å². The van der Waals surface area contributed by atoms with Crippen LogP contribution in [0.15, 0.2) is 12.3 Å². The van der Waals surface area contributed by atoms with Gasteiger partial charge in [-0.25, -0.2) is 9.37 Å². The van der Waals surface area contributed by atoms with Crippen molar-refractivity contribution in [1.82, 2.24) is 4.98 Å². The van der Waals surface area contributed by atoms with E-state index in [2.05, 4.69) is 4.98 Å². The number of hydrogen-bond acceptors (Lipinski definition) is 2. The number of aromatic nitrogens is 1. The average Bonchev–Trinajstić information content (AvgIpc) is 2.29. The lowest BCUT2D eigenvalue weighted by Gasteiger charge is -2.35. The van der Waals surface area contributed by atoms with Gasteiger partial charge in [-0.3, -0.25) is 0 Å². The molecule has 0 N–H and O–H groups in total. The fourth-order valence-electron chi connectivity index (χ4n) is 2.06. The van der Waals surface area contributed by atoms with E-state index < -0.39 is 0 Å². The third kappa shape index (κ3) is 2.41. The molecule has 0 aliphatic carbocycles. The standard InChI is InChI=1S/C11H13Cl2FN2/c12-6-9-3-1-2-4-16(9)11-10(14)5-8(13)7-15-11/h5,7,9H,1-4,6H2. The van der Waals surface area contributed by atoms with Crippen LogP contribution in [0.5, 0.6) is 0 Å². The first-order chi connectivity index (χ1) is 7.72. The molecule has 5 heteroatoms. The number of anilines is 1. The van der Waals surface area contributed by atoms with E-state index in [-0.39, 0.29) is 11.9 Å². The van der Waals surface area contributed by atoms with Crippen LogP contribution in [0, 0.1) is 5.82 Å². The van der Waals surface area contributed by atoms with Crippen LogP contribution in [-0.4, -0.2) is 23.5 Å². The molecule has 0 radical (unpaired) electrons. The van der Waals surface area contributed by atoms with Gasteiger partial charge in [0.05, 0.1) is 5.02 Å². The Bertz CT molecular complexity index is 373. The SMILES string of the molecule is Fc1cc(Cl)cnc1N1CCCCC1CCl. The Morgan fingerprint density at radius 2 is 2.31 bits per heavy atom. The molecule has 1 atom stereocenters. The number of pyridine rings is 1. The monoisotopic (exact) mass is 262 g/mol. The number of piperidine rings is 1. The Labute approximate surface area is 104 Å². The molecule has 1 aromatic rings. The highest BCUT2D eigenvalue weighted by atomic mass is 35.5. The first kappa shape index (κ1) is 11.9. The van der Waals surface area contributed by atoms with Crippen LogP contribution in [0.1, 0.15) is 19.3 Å². The van der Waals surface area contributed by atoms with Gasteiger partial charge in [0, 0.05) is 24.7 Å². The molecule has 2 nitrogen and oxygen atoms in total. The second-order valence-corrected chi connectivity index (χ2v) is 4.70. The van der Waals surface area contributed by atoms with Gasteiger partial charge >= 0.3 is 0 Å². The van der Waals surface area contributed by atoms with Crippen LogP contribution in [-0.2, 0) is 0 Å². The maximum atomic E-state index is 13.7. The molecule has 1 aromatic heterocycles. The summed E-state index contributed by atoms with van der Waals surface area (Å²) >= 11 is 11.6. The third-order valence-electron chi connectivity index (χ3n) is 2.87. The molecule has 0 saturated carbocycles. The van der Waals surface area contributed by atoms with Crippen molar-refractivity contribution in [2.75, 3.05) is 17.3 Å². The van der Waals surface area contributed by atoms with Crippen LogP contribution < -0.4 is 4.90 Å². The van der Waals surface area contributed by atoms with Gasteiger partial charge in [-0.05, 0) is 25.3 Å². The molecule has 0 spiro atoms. The second-order valence-electron chi connectivity index (χ2n) is 3.96. The lowest BCUT2D eigenvalue weighted by Crippen LogP contribution is -2.41. The van der Waals surface area contributed by atoms with E-state index in [1.807, 2.05) is 4.90 Å². The molecule has 0 bridgehead atoms. The van der Waals surface area contributed by atoms with Gasteiger partial charge in [0.1, 0.15) is 0 Å². The van der Waals surface area contributed by atoms with Crippen LogP contribution in [0.3, 0.4) is 0 Å². The maximum absolute atomic E-state index is 13.7. The highest BCUT2D eigenvalue weighted by Gasteiger charge is 2.25. The molecule has 88 valence electrons. The molecule has 0 amide bonds. The number of alkyl halides is 1. The number of rotatable bonds is 2. The normalized spacial score (nSPS) is 21.2. The molecule has 1 saturated heterocycles. The molecular formula is C11H13Cl2FN2. The molecule has 2 heterocycles. The van der Waals surface area contributed by atoms with E-state index in [4.69, 9.17) is 23.2 Å². The van der Waals surface area contributed by atoms with E-state index in [0.717, 1.165) is 25.8 Å². The summed E-state index contributed by atoms with van der Waals surface area (Å²) in [6, 6.07) is 1.47. The van der Waals surface area contributed by atoms with Crippen molar-refractivity contribution >= 4 is 29.0 Å². The minimum absolute atomic E-state index is 0.179. The van der Waals surface area contributed by atoms with Crippen LogP contribution in [0.25, 0.3) is 0 Å². The molecule has 1 unspecified atom stereocenters. The summed E-state index contributed by atoms with van der Waals surface area (Å²) in [4.78, 5) is 6.01. The number of nitrogens with zero attached hydrogens (tertiary/aromatic N) is 2.